The highest BCUT2D eigenvalue weighted by Gasteiger charge is 2.02. The summed E-state index contributed by atoms with van der Waals surface area (Å²) < 4.78 is 5.26. The van der Waals surface area contributed by atoms with E-state index in [0.29, 0.717) is 0 Å². The average molecular weight is 304 g/mol. The van der Waals surface area contributed by atoms with E-state index in [0.717, 1.165) is 28.1 Å². The molecule has 0 heterocycles. The second-order valence-electron chi connectivity index (χ2n) is 5.55. The summed E-state index contributed by atoms with van der Waals surface area (Å²) in [5.74, 6) is 0.872. The van der Waals surface area contributed by atoms with Crippen molar-refractivity contribution in [2.24, 2.45) is 5.10 Å². The van der Waals surface area contributed by atoms with Crippen molar-refractivity contribution in [2.45, 2.75) is 13.8 Å². The molecule has 0 amide bonds. The molecule has 3 aromatic carbocycles. The molecule has 1 N–H and O–H groups in total. The van der Waals surface area contributed by atoms with Crippen LogP contribution in [0.3, 0.4) is 0 Å². The van der Waals surface area contributed by atoms with Crippen molar-refractivity contribution in [1.29, 1.82) is 0 Å². The second kappa shape index (κ2) is 6.53. The number of nitrogens with zero attached hydrogens (tertiary/aromatic N) is 1. The van der Waals surface area contributed by atoms with Gasteiger partial charge < -0.3 is 4.74 Å². The van der Waals surface area contributed by atoms with E-state index in [4.69, 9.17) is 4.74 Å². The molecular formula is C20H20N2O. The molecule has 0 radical (unpaired) electrons. The van der Waals surface area contributed by atoms with Crippen molar-refractivity contribution in [3.05, 3.63) is 71.8 Å². The third-order valence-corrected chi connectivity index (χ3v) is 3.95. The Labute approximate surface area is 136 Å². The lowest BCUT2D eigenvalue weighted by atomic mass is 10.0. The quantitative estimate of drug-likeness (QED) is 0.544. The van der Waals surface area contributed by atoms with E-state index in [9.17, 15) is 0 Å². The maximum atomic E-state index is 5.26. The molecule has 0 saturated heterocycles. The van der Waals surface area contributed by atoms with Gasteiger partial charge >= 0.3 is 0 Å². The number of fused-ring (bicyclic) bond motifs is 1. The monoisotopic (exact) mass is 304 g/mol. The fourth-order valence-electron chi connectivity index (χ4n) is 2.48. The van der Waals surface area contributed by atoms with Gasteiger partial charge in [-0.05, 0) is 60.0 Å². The zero-order chi connectivity index (χ0) is 16.2. The molecule has 0 aliphatic carbocycles. The van der Waals surface area contributed by atoms with E-state index < -0.39 is 0 Å². The van der Waals surface area contributed by atoms with E-state index in [1.807, 2.05) is 37.3 Å². The standard InChI is InChI=1S/C20H20N2O/c1-14-6-4-5-7-20(14)22-21-15(2)16-8-9-18-13-19(23-3)11-10-17(18)12-16/h4-13,22H,1-3H3/b21-15-. The van der Waals surface area contributed by atoms with Gasteiger partial charge in [0.15, 0.2) is 0 Å². The molecule has 3 aromatic rings. The summed E-state index contributed by atoms with van der Waals surface area (Å²) in [5, 5.41) is 6.84. The van der Waals surface area contributed by atoms with Crippen LogP contribution in [-0.2, 0) is 0 Å². The normalized spacial score (nSPS) is 11.5. The molecule has 0 bridgehead atoms. The number of nitrogens with one attached hydrogen (secondary N) is 1. The van der Waals surface area contributed by atoms with Gasteiger partial charge in [-0.2, -0.15) is 5.10 Å². The minimum atomic E-state index is 0.872. The van der Waals surface area contributed by atoms with Crippen molar-refractivity contribution in [1.82, 2.24) is 0 Å². The van der Waals surface area contributed by atoms with Gasteiger partial charge in [0, 0.05) is 0 Å². The summed E-state index contributed by atoms with van der Waals surface area (Å²) in [6, 6.07) is 20.5. The van der Waals surface area contributed by atoms with Crippen LogP contribution in [0.25, 0.3) is 10.8 Å². The zero-order valence-corrected chi connectivity index (χ0v) is 13.6. The van der Waals surface area contributed by atoms with Crippen molar-refractivity contribution >= 4 is 22.2 Å². The summed E-state index contributed by atoms with van der Waals surface area (Å²) in [4.78, 5) is 0. The summed E-state index contributed by atoms with van der Waals surface area (Å²) >= 11 is 0. The summed E-state index contributed by atoms with van der Waals surface area (Å²) in [7, 11) is 1.68. The maximum absolute atomic E-state index is 5.26. The van der Waals surface area contributed by atoms with Crippen molar-refractivity contribution < 1.29 is 4.74 Å². The topological polar surface area (TPSA) is 33.6 Å². The van der Waals surface area contributed by atoms with E-state index in [2.05, 4.69) is 47.8 Å². The lowest BCUT2D eigenvalue weighted by molar-refractivity contribution is 0.415. The van der Waals surface area contributed by atoms with Crippen LogP contribution in [0.15, 0.2) is 65.8 Å². The maximum Gasteiger partial charge on any atom is 0.119 e. The Morgan fingerprint density at radius 3 is 2.48 bits per heavy atom. The number of rotatable bonds is 4. The minimum Gasteiger partial charge on any atom is -0.497 e. The number of benzene rings is 3. The van der Waals surface area contributed by atoms with E-state index in [1.54, 1.807) is 7.11 Å². The summed E-state index contributed by atoms with van der Waals surface area (Å²) in [6.45, 7) is 4.08. The Morgan fingerprint density at radius 2 is 1.70 bits per heavy atom. The molecule has 116 valence electrons. The van der Waals surface area contributed by atoms with Crippen LogP contribution in [0.4, 0.5) is 5.69 Å². The third-order valence-electron chi connectivity index (χ3n) is 3.95. The van der Waals surface area contributed by atoms with Crippen LogP contribution in [-0.4, -0.2) is 12.8 Å². The van der Waals surface area contributed by atoms with E-state index >= 15 is 0 Å². The highest BCUT2D eigenvalue weighted by Crippen LogP contribution is 2.22. The first-order valence-corrected chi connectivity index (χ1v) is 7.61. The first kappa shape index (κ1) is 15.1. The van der Waals surface area contributed by atoms with E-state index in [-0.39, 0.29) is 0 Å². The molecule has 3 nitrogen and oxygen atoms in total. The molecule has 0 aromatic heterocycles. The van der Waals surface area contributed by atoms with Crippen molar-refractivity contribution in [3.8, 4) is 5.75 Å². The van der Waals surface area contributed by atoms with Gasteiger partial charge in [0.1, 0.15) is 5.75 Å². The van der Waals surface area contributed by atoms with Gasteiger partial charge in [0.05, 0.1) is 18.5 Å². The van der Waals surface area contributed by atoms with Crippen LogP contribution in [0, 0.1) is 6.92 Å². The smallest absolute Gasteiger partial charge is 0.119 e. The van der Waals surface area contributed by atoms with Gasteiger partial charge in [0.25, 0.3) is 0 Å². The number of hydrazone groups is 1. The fourth-order valence-corrected chi connectivity index (χ4v) is 2.48. The van der Waals surface area contributed by atoms with Crippen LogP contribution < -0.4 is 10.2 Å². The SMILES string of the molecule is COc1ccc2cc(/C(C)=N\Nc3ccccc3C)ccc2c1. The van der Waals surface area contributed by atoms with Crippen LogP contribution in [0.2, 0.25) is 0 Å². The molecule has 3 rings (SSSR count). The van der Waals surface area contributed by atoms with Gasteiger partial charge in [-0.3, -0.25) is 5.43 Å². The highest BCUT2D eigenvalue weighted by molar-refractivity contribution is 6.02. The average Bonchev–Trinajstić information content (AvgIpc) is 2.59. The molecule has 0 aliphatic rings. The van der Waals surface area contributed by atoms with Crippen LogP contribution in [0.5, 0.6) is 5.75 Å². The van der Waals surface area contributed by atoms with Gasteiger partial charge in [-0.1, -0.05) is 36.4 Å². The number of anilines is 1. The molecule has 0 saturated carbocycles. The first-order valence-electron chi connectivity index (χ1n) is 7.61. The van der Waals surface area contributed by atoms with Crippen LogP contribution >= 0.6 is 0 Å². The molecule has 0 fully saturated rings. The predicted octanol–water partition coefficient (Wildman–Crippen LogP) is 4.99. The molecular weight excluding hydrogens is 284 g/mol. The van der Waals surface area contributed by atoms with Gasteiger partial charge in [-0.15, -0.1) is 0 Å². The molecule has 0 atom stereocenters. The Bertz CT molecular complexity index is 868. The third kappa shape index (κ3) is 3.34. The lowest BCUT2D eigenvalue weighted by Gasteiger charge is -2.08. The number of hydrogen-bond donors (Lipinski definition) is 1. The minimum absolute atomic E-state index is 0.872. The fraction of sp³-hybridized carbons (Fsp3) is 0.150. The number of aryl methyl sites for hydroxylation is 1. The van der Waals surface area contributed by atoms with Crippen LogP contribution in [0.1, 0.15) is 18.1 Å². The second-order valence-corrected chi connectivity index (χ2v) is 5.55. The number of ether oxygens (including phenoxy) is 1. The Kier molecular flexibility index (Phi) is 4.29. The van der Waals surface area contributed by atoms with Gasteiger partial charge in [-0.25, -0.2) is 0 Å². The molecule has 0 unspecified atom stereocenters. The number of para-hydroxylation sites is 1. The first-order chi connectivity index (χ1) is 11.2. The lowest BCUT2D eigenvalue weighted by Crippen LogP contribution is -2.00. The highest BCUT2D eigenvalue weighted by atomic mass is 16.5. The summed E-state index contributed by atoms with van der Waals surface area (Å²) in [5.41, 5.74) is 7.40. The Balaban J connectivity index is 1.87. The predicted molar refractivity (Wildman–Crippen MR) is 97.5 cm³/mol. The van der Waals surface area contributed by atoms with Crippen molar-refractivity contribution in [3.63, 3.8) is 0 Å². The number of methoxy groups -OCH3 is 1. The molecule has 0 spiro atoms. The number of hydrogen-bond acceptors (Lipinski definition) is 3. The molecule has 0 aliphatic heterocycles. The zero-order valence-electron chi connectivity index (χ0n) is 13.6. The summed E-state index contributed by atoms with van der Waals surface area (Å²) in [6.07, 6.45) is 0. The van der Waals surface area contributed by atoms with Gasteiger partial charge in [0.2, 0.25) is 0 Å². The Morgan fingerprint density at radius 1 is 0.957 bits per heavy atom. The molecule has 23 heavy (non-hydrogen) atoms. The van der Waals surface area contributed by atoms with Crippen molar-refractivity contribution in [2.75, 3.05) is 12.5 Å². The van der Waals surface area contributed by atoms with E-state index in [1.165, 1.54) is 10.9 Å². The largest absolute Gasteiger partial charge is 0.497 e. The Hall–Kier alpha value is -2.81. The molecule has 3 heteroatoms.